The maximum absolute atomic E-state index is 6.06. The monoisotopic (exact) mass is 495 g/mol. The molecule has 1 aromatic carbocycles. The van der Waals surface area contributed by atoms with E-state index in [9.17, 15) is 0 Å². The van der Waals surface area contributed by atoms with Crippen molar-refractivity contribution in [2.45, 2.75) is 133 Å². The van der Waals surface area contributed by atoms with E-state index in [0.29, 0.717) is 23.7 Å². The Morgan fingerprint density at radius 2 is 1.53 bits per heavy atom. The second kappa shape index (κ2) is 17.2. The molecule has 0 aliphatic carbocycles. The van der Waals surface area contributed by atoms with Crippen molar-refractivity contribution < 1.29 is 0 Å². The highest BCUT2D eigenvalue weighted by molar-refractivity contribution is 5.28. The molecular formula is C35H61N. The molecule has 0 spiro atoms. The van der Waals surface area contributed by atoms with Crippen LogP contribution in [-0.2, 0) is 6.42 Å². The minimum atomic E-state index is 0.265. The third kappa shape index (κ3) is 12.3. The zero-order valence-corrected chi connectivity index (χ0v) is 25.7. The number of hydrogen-bond donors (Lipinski definition) is 1. The lowest BCUT2D eigenvalue weighted by atomic mass is 9.78. The van der Waals surface area contributed by atoms with Crippen LogP contribution < -0.4 is 5.73 Å². The molecule has 1 heteroatoms. The van der Waals surface area contributed by atoms with Crippen LogP contribution in [0.15, 0.2) is 47.6 Å². The highest BCUT2D eigenvalue weighted by Gasteiger charge is 2.21. The van der Waals surface area contributed by atoms with Crippen LogP contribution in [0, 0.1) is 29.6 Å². The standard InChI is InChI=1S/C35H61N/c1-11-13-33(26(4)5)21-18-32-19-22-34(23-20-32)35(30(9)29(8)24-25(2)3)15-12-14-27(6)16-17-28(7)31(10)36/h16,19-20,22-26,28,30-31,33,35H,11-15,17-18,21,36H2,1-10H3/b27-16+,29-24+/t28?,30-,31+,33?,35-/m1/s1. The molecule has 0 aliphatic heterocycles. The van der Waals surface area contributed by atoms with Crippen molar-refractivity contribution in [1.29, 1.82) is 0 Å². The summed E-state index contributed by atoms with van der Waals surface area (Å²) < 4.78 is 0. The van der Waals surface area contributed by atoms with Crippen molar-refractivity contribution in [3.63, 3.8) is 0 Å². The summed E-state index contributed by atoms with van der Waals surface area (Å²) in [6.45, 7) is 23.1. The Labute approximate surface area is 226 Å². The summed E-state index contributed by atoms with van der Waals surface area (Å²) in [6, 6.07) is 9.98. The van der Waals surface area contributed by atoms with E-state index in [1.807, 2.05) is 0 Å². The fraction of sp³-hybridized carbons (Fsp3) is 0.714. The second-order valence-electron chi connectivity index (χ2n) is 12.6. The van der Waals surface area contributed by atoms with Gasteiger partial charge in [0.15, 0.2) is 0 Å². The van der Waals surface area contributed by atoms with Crippen LogP contribution >= 0.6 is 0 Å². The largest absolute Gasteiger partial charge is 0.328 e. The van der Waals surface area contributed by atoms with Crippen LogP contribution in [0.4, 0.5) is 0 Å². The first kappa shape index (κ1) is 32.7. The minimum Gasteiger partial charge on any atom is -0.328 e. The summed E-state index contributed by atoms with van der Waals surface area (Å²) in [5, 5.41) is 0. The number of rotatable bonds is 17. The summed E-state index contributed by atoms with van der Waals surface area (Å²) in [7, 11) is 0. The van der Waals surface area contributed by atoms with Crippen molar-refractivity contribution in [2.75, 3.05) is 0 Å². The molecule has 2 N–H and O–H groups in total. The lowest BCUT2D eigenvalue weighted by Gasteiger charge is -2.27. The molecule has 1 aromatic rings. The van der Waals surface area contributed by atoms with Gasteiger partial charge in [-0.15, -0.1) is 0 Å². The Morgan fingerprint density at radius 3 is 2.06 bits per heavy atom. The summed E-state index contributed by atoms with van der Waals surface area (Å²) in [5.41, 5.74) is 12.1. The van der Waals surface area contributed by atoms with Crippen molar-refractivity contribution in [1.82, 2.24) is 0 Å². The predicted octanol–water partition coefficient (Wildman–Crippen LogP) is 10.5. The van der Waals surface area contributed by atoms with Gasteiger partial charge in [-0.2, -0.15) is 0 Å². The van der Waals surface area contributed by atoms with Gasteiger partial charge in [0.1, 0.15) is 0 Å². The smallest absolute Gasteiger partial charge is 0.00390 e. The number of nitrogens with two attached hydrogens (primary N) is 1. The Bertz CT molecular complexity index is 764. The van der Waals surface area contributed by atoms with Gasteiger partial charge < -0.3 is 5.73 Å². The van der Waals surface area contributed by atoms with E-state index in [0.717, 1.165) is 18.3 Å². The Morgan fingerprint density at radius 1 is 0.889 bits per heavy atom. The maximum Gasteiger partial charge on any atom is 0.00390 e. The summed E-state index contributed by atoms with van der Waals surface area (Å²) >= 11 is 0. The fourth-order valence-corrected chi connectivity index (χ4v) is 5.47. The molecular weight excluding hydrogens is 434 g/mol. The highest BCUT2D eigenvalue weighted by atomic mass is 14.6. The fourth-order valence-electron chi connectivity index (χ4n) is 5.47. The summed E-state index contributed by atoms with van der Waals surface area (Å²) in [6.07, 6.45) is 14.8. The molecule has 0 saturated heterocycles. The SMILES string of the molecule is CCCC(CCc1ccc([C@H](CCC/C(C)=C/CC(C)[C@H](C)N)[C@H](C)/C(C)=C/C(C)C)cc1)C(C)C. The zero-order valence-electron chi connectivity index (χ0n) is 25.7. The number of benzene rings is 1. The molecule has 36 heavy (non-hydrogen) atoms. The van der Waals surface area contributed by atoms with Crippen molar-refractivity contribution in [3.05, 3.63) is 58.7 Å². The van der Waals surface area contributed by atoms with Gasteiger partial charge in [-0.3, -0.25) is 0 Å². The molecule has 1 nitrogen and oxygen atoms in total. The molecule has 0 heterocycles. The van der Waals surface area contributed by atoms with Crippen LogP contribution in [0.2, 0.25) is 0 Å². The first-order valence-electron chi connectivity index (χ1n) is 15.1. The number of allylic oxidation sites excluding steroid dienone is 4. The van der Waals surface area contributed by atoms with Gasteiger partial charge in [0.25, 0.3) is 0 Å². The molecule has 0 fully saturated rings. The van der Waals surface area contributed by atoms with Crippen molar-refractivity contribution >= 4 is 0 Å². The zero-order chi connectivity index (χ0) is 27.3. The Kier molecular flexibility index (Phi) is 15.6. The lowest BCUT2D eigenvalue weighted by molar-refractivity contribution is 0.334. The van der Waals surface area contributed by atoms with Crippen LogP contribution in [0.3, 0.4) is 0 Å². The average Bonchev–Trinajstić information content (AvgIpc) is 2.82. The molecule has 0 saturated carbocycles. The molecule has 0 radical (unpaired) electrons. The van der Waals surface area contributed by atoms with E-state index >= 15 is 0 Å². The van der Waals surface area contributed by atoms with Crippen LogP contribution in [0.25, 0.3) is 0 Å². The van der Waals surface area contributed by atoms with Crippen LogP contribution in [-0.4, -0.2) is 6.04 Å². The quantitative estimate of drug-likeness (QED) is 0.214. The lowest BCUT2D eigenvalue weighted by Crippen LogP contribution is -2.23. The second-order valence-corrected chi connectivity index (χ2v) is 12.6. The maximum atomic E-state index is 6.06. The van der Waals surface area contributed by atoms with Crippen molar-refractivity contribution in [3.8, 4) is 0 Å². The molecule has 1 rings (SSSR count). The third-order valence-electron chi connectivity index (χ3n) is 8.55. The highest BCUT2D eigenvalue weighted by Crippen LogP contribution is 2.35. The molecule has 0 bridgehead atoms. The Balaban J connectivity index is 2.92. The van der Waals surface area contributed by atoms with Gasteiger partial charge in [-0.1, -0.05) is 109 Å². The third-order valence-corrected chi connectivity index (χ3v) is 8.55. The van der Waals surface area contributed by atoms with E-state index in [-0.39, 0.29) is 6.04 Å². The molecule has 0 aliphatic rings. The number of hydrogen-bond acceptors (Lipinski definition) is 1. The minimum absolute atomic E-state index is 0.265. The van der Waals surface area contributed by atoms with Gasteiger partial charge in [-0.25, -0.2) is 0 Å². The van der Waals surface area contributed by atoms with E-state index in [2.05, 4.69) is 106 Å². The van der Waals surface area contributed by atoms with Crippen LogP contribution in [0.1, 0.15) is 131 Å². The van der Waals surface area contributed by atoms with E-state index < -0.39 is 0 Å². The van der Waals surface area contributed by atoms with E-state index in [1.54, 1.807) is 0 Å². The molecule has 2 unspecified atom stereocenters. The topological polar surface area (TPSA) is 26.0 Å². The van der Waals surface area contributed by atoms with Gasteiger partial charge in [-0.05, 0) is 106 Å². The molecule has 5 atom stereocenters. The predicted molar refractivity (Wildman–Crippen MR) is 164 cm³/mol. The van der Waals surface area contributed by atoms with Crippen molar-refractivity contribution in [2.24, 2.45) is 35.3 Å². The summed E-state index contributed by atoms with van der Waals surface area (Å²) in [5.74, 6) is 3.92. The van der Waals surface area contributed by atoms with E-state index in [4.69, 9.17) is 5.73 Å². The molecule has 0 amide bonds. The summed E-state index contributed by atoms with van der Waals surface area (Å²) in [4.78, 5) is 0. The Hall–Kier alpha value is -1.34. The first-order valence-corrected chi connectivity index (χ1v) is 15.1. The average molecular weight is 496 g/mol. The molecule has 0 aromatic heterocycles. The normalized spacial score (nSPS) is 17.4. The molecule has 206 valence electrons. The van der Waals surface area contributed by atoms with Crippen LogP contribution in [0.5, 0.6) is 0 Å². The van der Waals surface area contributed by atoms with Gasteiger partial charge in [0.2, 0.25) is 0 Å². The van der Waals surface area contributed by atoms with Gasteiger partial charge in [0, 0.05) is 6.04 Å². The number of aryl methyl sites for hydroxylation is 1. The van der Waals surface area contributed by atoms with Gasteiger partial charge in [0.05, 0.1) is 0 Å². The van der Waals surface area contributed by atoms with E-state index in [1.165, 1.54) is 67.2 Å². The van der Waals surface area contributed by atoms with Gasteiger partial charge >= 0.3 is 0 Å². The first-order chi connectivity index (χ1) is 17.0.